The van der Waals surface area contributed by atoms with Crippen LogP contribution in [0.25, 0.3) is 6.08 Å². The van der Waals surface area contributed by atoms with Gasteiger partial charge in [-0.1, -0.05) is 60.7 Å². The van der Waals surface area contributed by atoms with E-state index in [1.54, 1.807) is 17.8 Å². The number of amides is 1. The van der Waals surface area contributed by atoms with E-state index in [9.17, 15) is 4.79 Å². The van der Waals surface area contributed by atoms with Gasteiger partial charge in [0.05, 0.1) is 0 Å². The SMILES string of the molecule is O=C(/C=C/c1ccccc1)N1CCS[C@@H]1c1cccc(Oc2ccccc2)c1. The minimum absolute atomic E-state index is 0.00671. The molecule has 1 aliphatic heterocycles. The minimum Gasteiger partial charge on any atom is -0.457 e. The van der Waals surface area contributed by atoms with E-state index in [2.05, 4.69) is 6.07 Å². The lowest BCUT2D eigenvalue weighted by Gasteiger charge is -2.23. The molecule has 1 amide bonds. The third-order valence-corrected chi connectivity index (χ3v) is 5.77. The maximum atomic E-state index is 12.8. The average Bonchev–Trinajstić information content (AvgIpc) is 3.24. The average molecular weight is 388 g/mol. The van der Waals surface area contributed by atoms with Gasteiger partial charge in [-0.15, -0.1) is 11.8 Å². The topological polar surface area (TPSA) is 29.5 Å². The number of carbonyl (C=O) groups is 1. The van der Waals surface area contributed by atoms with Crippen molar-refractivity contribution in [3.05, 3.63) is 102 Å². The molecule has 1 atom stereocenters. The maximum Gasteiger partial charge on any atom is 0.247 e. The number of hydrogen-bond acceptors (Lipinski definition) is 3. The number of hydrogen-bond donors (Lipinski definition) is 0. The van der Waals surface area contributed by atoms with Gasteiger partial charge in [-0.05, 0) is 41.5 Å². The second kappa shape index (κ2) is 8.81. The van der Waals surface area contributed by atoms with E-state index in [4.69, 9.17) is 4.74 Å². The molecule has 0 radical (unpaired) electrons. The van der Waals surface area contributed by atoms with Gasteiger partial charge in [0.15, 0.2) is 0 Å². The lowest BCUT2D eigenvalue weighted by atomic mass is 10.2. The van der Waals surface area contributed by atoms with Crippen molar-refractivity contribution in [1.82, 2.24) is 4.90 Å². The molecule has 3 aromatic carbocycles. The molecule has 1 saturated heterocycles. The Labute approximate surface area is 169 Å². The van der Waals surface area contributed by atoms with Crippen LogP contribution < -0.4 is 4.74 Å². The summed E-state index contributed by atoms with van der Waals surface area (Å²) in [5.74, 6) is 2.55. The molecule has 28 heavy (non-hydrogen) atoms. The Hall–Kier alpha value is -2.98. The Bertz CT molecular complexity index is 957. The number of ether oxygens (including phenoxy) is 1. The van der Waals surface area contributed by atoms with Crippen LogP contribution in [-0.4, -0.2) is 23.1 Å². The summed E-state index contributed by atoms with van der Waals surface area (Å²) < 4.78 is 5.95. The summed E-state index contributed by atoms with van der Waals surface area (Å²) in [6, 6.07) is 27.6. The smallest absolute Gasteiger partial charge is 0.247 e. The Morgan fingerprint density at radius 1 is 0.929 bits per heavy atom. The van der Waals surface area contributed by atoms with Crippen molar-refractivity contribution in [3.63, 3.8) is 0 Å². The van der Waals surface area contributed by atoms with Crippen molar-refractivity contribution < 1.29 is 9.53 Å². The van der Waals surface area contributed by atoms with Gasteiger partial charge in [-0.25, -0.2) is 0 Å². The molecule has 0 saturated carbocycles. The highest BCUT2D eigenvalue weighted by molar-refractivity contribution is 7.99. The molecular formula is C24H21NO2S. The predicted molar refractivity (Wildman–Crippen MR) is 115 cm³/mol. The highest BCUT2D eigenvalue weighted by Gasteiger charge is 2.29. The number of benzene rings is 3. The lowest BCUT2D eigenvalue weighted by molar-refractivity contribution is -0.126. The van der Waals surface area contributed by atoms with Crippen LogP contribution in [0.15, 0.2) is 91.0 Å². The van der Waals surface area contributed by atoms with Crippen LogP contribution in [0.1, 0.15) is 16.5 Å². The second-order valence-corrected chi connectivity index (χ2v) is 7.67. The Kier molecular flexibility index (Phi) is 5.78. The van der Waals surface area contributed by atoms with Crippen molar-refractivity contribution in [2.24, 2.45) is 0 Å². The van der Waals surface area contributed by atoms with Gasteiger partial charge in [0.25, 0.3) is 0 Å². The summed E-state index contributed by atoms with van der Waals surface area (Å²) in [7, 11) is 0. The molecule has 1 fully saturated rings. The summed E-state index contributed by atoms with van der Waals surface area (Å²) in [5.41, 5.74) is 2.11. The van der Waals surface area contributed by atoms with Gasteiger partial charge in [-0.3, -0.25) is 4.79 Å². The Balaban J connectivity index is 1.49. The van der Waals surface area contributed by atoms with Gasteiger partial charge in [0, 0.05) is 18.4 Å². The highest BCUT2D eigenvalue weighted by Crippen LogP contribution is 2.39. The quantitative estimate of drug-likeness (QED) is 0.521. The van der Waals surface area contributed by atoms with E-state index in [1.165, 1.54) is 0 Å². The van der Waals surface area contributed by atoms with Crippen LogP contribution in [-0.2, 0) is 4.79 Å². The molecule has 0 bridgehead atoms. The van der Waals surface area contributed by atoms with Gasteiger partial charge in [0.2, 0.25) is 5.91 Å². The molecule has 140 valence electrons. The Morgan fingerprint density at radius 3 is 2.43 bits per heavy atom. The fourth-order valence-corrected chi connectivity index (χ4v) is 4.41. The van der Waals surface area contributed by atoms with Crippen LogP contribution in [0.4, 0.5) is 0 Å². The molecule has 4 heteroatoms. The number of thioether (sulfide) groups is 1. The number of carbonyl (C=O) groups excluding carboxylic acids is 1. The van der Waals surface area contributed by atoms with E-state index in [0.29, 0.717) is 0 Å². The third-order valence-electron chi connectivity index (χ3n) is 4.51. The number of rotatable bonds is 5. The van der Waals surface area contributed by atoms with Crippen molar-refractivity contribution in [2.75, 3.05) is 12.3 Å². The zero-order chi connectivity index (χ0) is 19.2. The van der Waals surface area contributed by atoms with E-state index in [0.717, 1.165) is 34.9 Å². The normalized spacial score (nSPS) is 16.4. The Morgan fingerprint density at radius 2 is 1.64 bits per heavy atom. The second-order valence-electron chi connectivity index (χ2n) is 6.49. The molecule has 0 aliphatic carbocycles. The molecule has 4 rings (SSSR count). The van der Waals surface area contributed by atoms with Crippen molar-refractivity contribution in [2.45, 2.75) is 5.37 Å². The molecule has 3 aromatic rings. The molecule has 1 heterocycles. The molecular weight excluding hydrogens is 366 g/mol. The van der Waals surface area contributed by atoms with E-state index in [-0.39, 0.29) is 11.3 Å². The van der Waals surface area contributed by atoms with E-state index >= 15 is 0 Å². The molecule has 1 aliphatic rings. The van der Waals surface area contributed by atoms with Crippen molar-refractivity contribution in [1.29, 1.82) is 0 Å². The summed E-state index contributed by atoms with van der Waals surface area (Å²) in [4.78, 5) is 14.7. The zero-order valence-corrected chi connectivity index (χ0v) is 16.2. The summed E-state index contributed by atoms with van der Waals surface area (Å²) >= 11 is 1.78. The van der Waals surface area contributed by atoms with Crippen LogP contribution >= 0.6 is 11.8 Å². The fourth-order valence-electron chi connectivity index (χ4n) is 3.16. The molecule has 0 spiro atoms. The van der Waals surface area contributed by atoms with Crippen LogP contribution in [0, 0.1) is 0 Å². The van der Waals surface area contributed by atoms with Crippen LogP contribution in [0.2, 0.25) is 0 Å². The molecule has 0 aromatic heterocycles. The summed E-state index contributed by atoms with van der Waals surface area (Å²) in [5, 5.41) is 0.00671. The predicted octanol–water partition coefficient (Wildman–Crippen LogP) is 5.77. The first-order valence-electron chi connectivity index (χ1n) is 9.28. The monoisotopic (exact) mass is 387 g/mol. The van der Waals surface area contributed by atoms with Gasteiger partial charge in [-0.2, -0.15) is 0 Å². The minimum atomic E-state index is 0.00671. The van der Waals surface area contributed by atoms with Gasteiger partial charge >= 0.3 is 0 Å². The van der Waals surface area contributed by atoms with Crippen molar-refractivity contribution in [3.8, 4) is 11.5 Å². The van der Waals surface area contributed by atoms with Gasteiger partial charge in [0.1, 0.15) is 16.9 Å². The fraction of sp³-hybridized carbons (Fsp3) is 0.125. The van der Waals surface area contributed by atoms with E-state index < -0.39 is 0 Å². The van der Waals surface area contributed by atoms with Crippen molar-refractivity contribution >= 4 is 23.7 Å². The third kappa shape index (κ3) is 4.46. The first-order chi connectivity index (χ1) is 13.8. The maximum absolute atomic E-state index is 12.8. The number of nitrogens with zero attached hydrogens (tertiary/aromatic N) is 1. The highest BCUT2D eigenvalue weighted by atomic mass is 32.2. The zero-order valence-electron chi connectivity index (χ0n) is 15.4. The largest absolute Gasteiger partial charge is 0.457 e. The summed E-state index contributed by atoms with van der Waals surface area (Å²) in [6.07, 6.45) is 3.54. The lowest BCUT2D eigenvalue weighted by Crippen LogP contribution is -2.28. The summed E-state index contributed by atoms with van der Waals surface area (Å²) in [6.45, 7) is 0.747. The molecule has 0 N–H and O–H groups in total. The standard InChI is InChI=1S/C24H21NO2S/c26-23(15-14-19-8-3-1-4-9-19)25-16-17-28-24(25)20-10-7-13-22(18-20)27-21-11-5-2-6-12-21/h1-15,18,24H,16-17H2/b15-14+/t24-/m1/s1. The number of para-hydroxylation sites is 1. The van der Waals surface area contributed by atoms with Crippen LogP contribution in [0.5, 0.6) is 11.5 Å². The van der Waals surface area contributed by atoms with Crippen LogP contribution in [0.3, 0.4) is 0 Å². The first-order valence-corrected chi connectivity index (χ1v) is 10.3. The molecule has 3 nitrogen and oxygen atoms in total. The first kappa shape index (κ1) is 18.4. The van der Waals surface area contributed by atoms with E-state index in [1.807, 2.05) is 89.8 Å². The van der Waals surface area contributed by atoms with Gasteiger partial charge < -0.3 is 9.64 Å². The molecule has 0 unspecified atom stereocenters.